The third kappa shape index (κ3) is 3.71. The standard InChI is InChI=1S/C22H28N4O2/c1-2-6-21-18(5-1)12-19-20(15-28-21)23-16-24-22(19)26-7-3-4-17(14-26)13-25-8-10-27-11-9-25/h1-2,5-6,16-17H,3-4,7-15H2. The van der Waals surface area contributed by atoms with Gasteiger partial charge in [-0.25, -0.2) is 9.97 Å². The van der Waals surface area contributed by atoms with Crippen LogP contribution in [-0.4, -0.2) is 60.8 Å². The van der Waals surface area contributed by atoms with Gasteiger partial charge in [-0.3, -0.25) is 4.90 Å². The summed E-state index contributed by atoms with van der Waals surface area (Å²) in [5, 5.41) is 0. The van der Waals surface area contributed by atoms with Crippen molar-refractivity contribution in [1.29, 1.82) is 0 Å². The number of nitrogens with zero attached hydrogens (tertiary/aromatic N) is 4. The maximum Gasteiger partial charge on any atom is 0.135 e. The highest BCUT2D eigenvalue weighted by atomic mass is 16.5. The minimum absolute atomic E-state index is 0.521. The lowest BCUT2D eigenvalue weighted by Gasteiger charge is -2.38. The molecule has 2 aromatic rings. The van der Waals surface area contributed by atoms with Crippen molar-refractivity contribution in [3.8, 4) is 5.75 Å². The zero-order valence-electron chi connectivity index (χ0n) is 16.3. The lowest BCUT2D eigenvalue weighted by atomic mass is 9.96. The molecule has 0 spiro atoms. The van der Waals surface area contributed by atoms with Crippen LogP contribution in [0.25, 0.3) is 0 Å². The Labute approximate surface area is 166 Å². The van der Waals surface area contributed by atoms with Gasteiger partial charge in [0, 0.05) is 44.7 Å². The molecule has 28 heavy (non-hydrogen) atoms. The van der Waals surface area contributed by atoms with E-state index in [1.807, 2.05) is 12.1 Å². The van der Waals surface area contributed by atoms with Crippen molar-refractivity contribution in [3.63, 3.8) is 0 Å². The van der Waals surface area contributed by atoms with Crippen LogP contribution in [0.2, 0.25) is 0 Å². The van der Waals surface area contributed by atoms with Gasteiger partial charge in [-0.05, 0) is 30.4 Å². The number of hydrogen-bond donors (Lipinski definition) is 0. The molecule has 6 nitrogen and oxygen atoms in total. The van der Waals surface area contributed by atoms with Crippen molar-refractivity contribution in [3.05, 3.63) is 47.4 Å². The molecule has 0 N–H and O–H groups in total. The number of hydrogen-bond acceptors (Lipinski definition) is 6. The van der Waals surface area contributed by atoms with Crippen LogP contribution in [-0.2, 0) is 17.8 Å². The molecule has 2 saturated heterocycles. The van der Waals surface area contributed by atoms with E-state index < -0.39 is 0 Å². The molecule has 0 aliphatic carbocycles. The maximum absolute atomic E-state index is 6.01. The van der Waals surface area contributed by atoms with Crippen molar-refractivity contribution in [2.75, 3.05) is 50.8 Å². The number of anilines is 1. The molecule has 6 heteroatoms. The summed E-state index contributed by atoms with van der Waals surface area (Å²) in [5.41, 5.74) is 3.48. The molecule has 0 saturated carbocycles. The molecule has 4 heterocycles. The van der Waals surface area contributed by atoms with Gasteiger partial charge >= 0.3 is 0 Å². The van der Waals surface area contributed by atoms with Crippen LogP contribution >= 0.6 is 0 Å². The van der Waals surface area contributed by atoms with E-state index in [0.717, 1.165) is 63.1 Å². The quantitative estimate of drug-likeness (QED) is 0.816. The summed E-state index contributed by atoms with van der Waals surface area (Å²) in [6, 6.07) is 8.31. The minimum Gasteiger partial charge on any atom is -0.487 e. The van der Waals surface area contributed by atoms with Crippen LogP contribution in [0.1, 0.15) is 29.7 Å². The third-order valence-corrected chi connectivity index (χ3v) is 6.15. The molecule has 0 radical (unpaired) electrons. The first kappa shape index (κ1) is 17.9. The second-order valence-electron chi connectivity index (χ2n) is 8.06. The van der Waals surface area contributed by atoms with E-state index in [2.05, 4.69) is 26.9 Å². The van der Waals surface area contributed by atoms with Crippen LogP contribution in [0.15, 0.2) is 30.6 Å². The molecule has 1 unspecified atom stereocenters. The highest BCUT2D eigenvalue weighted by Crippen LogP contribution is 2.33. The number of benzene rings is 1. The molecule has 1 aromatic heterocycles. The molecule has 1 aromatic carbocycles. The highest BCUT2D eigenvalue weighted by molar-refractivity contribution is 5.53. The normalized spacial score (nSPS) is 22.7. The fraction of sp³-hybridized carbons (Fsp3) is 0.545. The number of piperidine rings is 1. The topological polar surface area (TPSA) is 50.7 Å². The Morgan fingerprint density at radius 2 is 1.96 bits per heavy atom. The molecule has 148 valence electrons. The summed E-state index contributed by atoms with van der Waals surface area (Å²) in [5.74, 6) is 2.76. The van der Waals surface area contributed by atoms with Gasteiger partial charge in [0.1, 0.15) is 24.5 Å². The Morgan fingerprint density at radius 1 is 1.07 bits per heavy atom. The minimum atomic E-state index is 0.521. The van der Waals surface area contributed by atoms with E-state index in [-0.39, 0.29) is 0 Å². The van der Waals surface area contributed by atoms with Gasteiger partial charge in [-0.1, -0.05) is 18.2 Å². The van der Waals surface area contributed by atoms with E-state index in [1.165, 1.54) is 30.5 Å². The summed E-state index contributed by atoms with van der Waals surface area (Å²) in [6.07, 6.45) is 5.07. The first-order valence-corrected chi connectivity index (χ1v) is 10.5. The average molecular weight is 380 g/mol. The largest absolute Gasteiger partial charge is 0.487 e. The fourth-order valence-corrected chi connectivity index (χ4v) is 4.70. The van der Waals surface area contributed by atoms with Gasteiger partial charge in [0.25, 0.3) is 0 Å². The molecular weight excluding hydrogens is 352 g/mol. The Kier molecular flexibility index (Phi) is 5.14. The van der Waals surface area contributed by atoms with Crippen molar-refractivity contribution in [2.45, 2.75) is 25.9 Å². The van der Waals surface area contributed by atoms with Gasteiger partial charge in [0.05, 0.1) is 18.9 Å². The van der Waals surface area contributed by atoms with Crippen LogP contribution < -0.4 is 9.64 Å². The highest BCUT2D eigenvalue weighted by Gasteiger charge is 2.27. The molecule has 1 atom stereocenters. The molecule has 5 rings (SSSR count). The predicted molar refractivity (Wildman–Crippen MR) is 108 cm³/mol. The number of fused-ring (bicyclic) bond motifs is 2. The number of morpholine rings is 1. The van der Waals surface area contributed by atoms with Crippen molar-refractivity contribution in [1.82, 2.24) is 14.9 Å². The Morgan fingerprint density at radius 3 is 2.89 bits per heavy atom. The molecule has 0 amide bonds. The second kappa shape index (κ2) is 8.05. The summed E-state index contributed by atoms with van der Waals surface area (Å²) < 4.78 is 11.5. The Bertz CT molecular complexity index is 822. The summed E-state index contributed by atoms with van der Waals surface area (Å²) in [6.45, 7) is 7.70. The van der Waals surface area contributed by atoms with E-state index in [1.54, 1.807) is 6.33 Å². The van der Waals surface area contributed by atoms with Gasteiger partial charge in [-0.15, -0.1) is 0 Å². The second-order valence-corrected chi connectivity index (χ2v) is 8.06. The lowest BCUT2D eigenvalue weighted by molar-refractivity contribution is 0.0296. The molecular formula is C22H28N4O2. The van der Waals surface area contributed by atoms with Crippen LogP contribution in [0.4, 0.5) is 5.82 Å². The molecule has 0 bridgehead atoms. The van der Waals surface area contributed by atoms with Crippen LogP contribution in [0.3, 0.4) is 0 Å². The number of ether oxygens (including phenoxy) is 2. The average Bonchev–Trinajstić information content (AvgIpc) is 2.94. The predicted octanol–water partition coefficient (Wildman–Crippen LogP) is 2.51. The molecule has 3 aliphatic rings. The molecule has 3 aliphatic heterocycles. The van der Waals surface area contributed by atoms with Gasteiger partial charge < -0.3 is 14.4 Å². The van der Waals surface area contributed by atoms with Crippen molar-refractivity contribution in [2.24, 2.45) is 5.92 Å². The number of aromatic nitrogens is 2. The first-order valence-electron chi connectivity index (χ1n) is 10.5. The first-order chi connectivity index (χ1) is 13.9. The summed E-state index contributed by atoms with van der Waals surface area (Å²) in [4.78, 5) is 14.3. The number of para-hydroxylation sites is 1. The number of rotatable bonds is 3. The van der Waals surface area contributed by atoms with Crippen molar-refractivity contribution < 1.29 is 9.47 Å². The van der Waals surface area contributed by atoms with E-state index >= 15 is 0 Å². The Hall–Kier alpha value is -2.18. The molecule has 2 fully saturated rings. The maximum atomic E-state index is 6.01. The van der Waals surface area contributed by atoms with E-state index in [9.17, 15) is 0 Å². The van der Waals surface area contributed by atoms with Gasteiger partial charge in [0.2, 0.25) is 0 Å². The monoisotopic (exact) mass is 380 g/mol. The van der Waals surface area contributed by atoms with Gasteiger partial charge in [0.15, 0.2) is 0 Å². The third-order valence-electron chi connectivity index (χ3n) is 6.15. The van der Waals surface area contributed by atoms with Gasteiger partial charge in [-0.2, -0.15) is 0 Å². The SMILES string of the molecule is c1ccc2c(c1)Cc1c(ncnc1N1CCCC(CN3CCOCC3)C1)CO2. The van der Waals surface area contributed by atoms with Crippen LogP contribution in [0.5, 0.6) is 5.75 Å². The van der Waals surface area contributed by atoms with Crippen LogP contribution in [0, 0.1) is 5.92 Å². The van der Waals surface area contributed by atoms with E-state index in [0.29, 0.717) is 12.5 Å². The Balaban J connectivity index is 1.36. The fourth-order valence-electron chi connectivity index (χ4n) is 4.70. The zero-order valence-corrected chi connectivity index (χ0v) is 16.3. The zero-order chi connectivity index (χ0) is 18.8. The van der Waals surface area contributed by atoms with Crippen molar-refractivity contribution >= 4 is 5.82 Å². The summed E-state index contributed by atoms with van der Waals surface area (Å²) >= 11 is 0. The lowest BCUT2D eigenvalue weighted by Crippen LogP contribution is -2.45. The summed E-state index contributed by atoms with van der Waals surface area (Å²) in [7, 11) is 0. The smallest absolute Gasteiger partial charge is 0.135 e. The van der Waals surface area contributed by atoms with E-state index in [4.69, 9.17) is 14.5 Å².